The van der Waals surface area contributed by atoms with Gasteiger partial charge in [0, 0.05) is 11.1 Å². The van der Waals surface area contributed by atoms with Crippen molar-refractivity contribution in [1.82, 2.24) is 0 Å². The summed E-state index contributed by atoms with van der Waals surface area (Å²) in [6.45, 7) is 1.93. The van der Waals surface area contributed by atoms with Crippen LogP contribution in [0.4, 0.5) is 0 Å². The number of hydrogen-bond donors (Lipinski definition) is 0. The molecule has 0 fully saturated rings. The molecule has 88 valence electrons. The van der Waals surface area contributed by atoms with E-state index in [9.17, 15) is 9.59 Å². The molecule has 1 heterocycles. The zero-order valence-corrected chi connectivity index (χ0v) is 9.65. The third kappa shape index (κ3) is 2.36. The molecule has 4 heteroatoms. The maximum Gasteiger partial charge on any atom is 0.334 e. The molecule has 0 bridgehead atoms. The lowest BCUT2D eigenvalue weighted by atomic mass is 10.1. The van der Waals surface area contributed by atoms with E-state index in [-0.39, 0.29) is 6.42 Å². The van der Waals surface area contributed by atoms with Crippen molar-refractivity contribution in [3.63, 3.8) is 0 Å². The molecule has 4 nitrogen and oxygen atoms in total. The molecule has 0 saturated heterocycles. The highest BCUT2D eigenvalue weighted by atomic mass is 16.5. The number of methoxy groups -OCH3 is 1. The van der Waals surface area contributed by atoms with Gasteiger partial charge >= 0.3 is 11.9 Å². The van der Waals surface area contributed by atoms with Crippen molar-refractivity contribution < 1.29 is 19.1 Å². The first-order valence-electron chi connectivity index (χ1n) is 5.20. The molecule has 17 heavy (non-hydrogen) atoms. The van der Waals surface area contributed by atoms with Crippen LogP contribution in [0.2, 0.25) is 0 Å². The predicted molar refractivity (Wildman–Crippen MR) is 61.4 cm³/mol. The van der Waals surface area contributed by atoms with Gasteiger partial charge in [-0.15, -0.1) is 0 Å². The summed E-state index contributed by atoms with van der Waals surface area (Å²) in [6, 6.07) is 5.43. The molecule has 0 amide bonds. The lowest BCUT2D eigenvalue weighted by molar-refractivity contribution is -0.139. The van der Waals surface area contributed by atoms with Crippen LogP contribution in [0.3, 0.4) is 0 Å². The van der Waals surface area contributed by atoms with E-state index in [0.29, 0.717) is 11.3 Å². The Labute approximate surface area is 98.8 Å². The van der Waals surface area contributed by atoms with Crippen LogP contribution in [-0.4, -0.2) is 19.0 Å². The smallest absolute Gasteiger partial charge is 0.334 e. The first-order chi connectivity index (χ1) is 8.10. The molecular weight excluding hydrogens is 220 g/mol. The highest BCUT2D eigenvalue weighted by Crippen LogP contribution is 2.27. The van der Waals surface area contributed by atoms with Crippen LogP contribution in [0.15, 0.2) is 23.8 Å². The number of esters is 2. The molecule has 0 unspecified atom stereocenters. The van der Waals surface area contributed by atoms with Crippen molar-refractivity contribution >= 4 is 18.0 Å². The third-order valence-electron chi connectivity index (χ3n) is 2.50. The van der Waals surface area contributed by atoms with Crippen LogP contribution in [0.5, 0.6) is 5.75 Å². The summed E-state index contributed by atoms with van der Waals surface area (Å²) in [6.07, 6.45) is 1.57. The van der Waals surface area contributed by atoms with E-state index < -0.39 is 11.9 Å². The van der Waals surface area contributed by atoms with Gasteiger partial charge in [-0.1, -0.05) is 11.6 Å². The van der Waals surface area contributed by atoms with Crippen molar-refractivity contribution in [1.29, 1.82) is 0 Å². The second-order valence-corrected chi connectivity index (χ2v) is 3.85. The molecule has 0 saturated carbocycles. The Morgan fingerprint density at radius 2 is 2.18 bits per heavy atom. The lowest BCUT2D eigenvalue weighted by Gasteiger charge is -2.04. The highest BCUT2D eigenvalue weighted by Gasteiger charge is 2.21. The predicted octanol–water partition coefficient (Wildman–Crippen LogP) is 1.86. The molecule has 0 spiro atoms. The normalized spacial score (nSPS) is 14.2. The minimum absolute atomic E-state index is 0.0690. The maximum absolute atomic E-state index is 11.5. The third-order valence-corrected chi connectivity index (χ3v) is 2.50. The van der Waals surface area contributed by atoms with Gasteiger partial charge in [0.25, 0.3) is 0 Å². The molecule has 1 aliphatic heterocycles. The van der Waals surface area contributed by atoms with Gasteiger partial charge in [0.2, 0.25) is 0 Å². The van der Waals surface area contributed by atoms with Gasteiger partial charge in [0.1, 0.15) is 5.75 Å². The van der Waals surface area contributed by atoms with Gasteiger partial charge in [-0.05, 0) is 25.1 Å². The van der Waals surface area contributed by atoms with E-state index in [1.165, 1.54) is 7.11 Å². The van der Waals surface area contributed by atoms with Crippen molar-refractivity contribution in [3.05, 3.63) is 34.9 Å². The number of aryl methyl sites for hydroxylation is 1. The van der Waals surface area contributed by atoms with Gasteiger partial charge in [-0.25, -0.2) is 4.79 Å². The van der Waals surface area contributed by atoms with E-state index in [4.69, 9.17) is 4.74 Å². The lowest BCUT2D eigenvalue weighted by Crippen LogP contribution is -2.12. The second-order valence-electron chi connectivity index (χ2n) is 3.85. The Morgan fingerprint density at radius 3 is 2.88 bits per heavy atom. The number of carbonyl (C=O) groups excluding carboxylic acids is 2. The van der Waals surface area contributed by atoms with E-state index in [1.807, 2.05) is 19.1 Å². The number of carbonyl (C=O) groups is 2. The van der Waals surface area contributed by atoms with Crippen molar-refractivity contribution in [3.8, 4) is 5.75 Å². The molecule has 2 rings (SSSR count). The fourth-order valence-electron chi connectivity index (χ4n) is 1.69. The molecule has 0 aliphatic carbocycles. The molecule has 0 N–H and O–H groups in total. The van der Waals surface area contributed by atoms with Crippen LogP contribution in [0.1, 0.15) is 17.5 Å². The summed E-state index contributed by atoms with van der Waals surface area (Å²) in [5, 5.41) is 0. The molecule has 1 aliphatic rings. The largest absolute Gasteiger partial charge is 0.466 e. The Balaban J connectivity index is 2.50. The summed E-state index contributed by atoms with van der Waals surface area (Å²) in [7, 11) is 1.29. The van der Waals surface area contributed by atoms with E-state index >= 15 is 0 Å². The van der Waals surface area contributed by atoms with E-state index in [1.54, 1.807) is 12.1 Å². The average Bonchev–Trinajstić information content (AvgIpc) is 2.46. The summed E-state index contributed by atoms with van der Waals surface area (Å²) in [4.78, 5) is 23.0. The minimum atomic E-state index is -0.503. The number of hydrogen-bond acceptors (Lipinski definition) is 4. The van der Waals surface area contributed by atoms with Crippen LogP contribution in [0, 0.1) is 6.92 Å². The number of rotatable bonds is 1. The highest BCUT2D eigenvalue weighted by molar-refractivity contribution is 6.00. The van der Waals surface area contributed by atoms with Gasteiger partial charge in [0.05, 0.1) is 13.5 Å². The van der Waals surface area contributed by atoms with Crippen LogP contribution < -0.4 is 4.74 Å². The van der Waals surface area contributed by atoms with Gasteiger partial charge in [-0.3, -0.25) is 4.79 Å². The van der Waals surface area contributed by atoms with Crippen molar-refractivity contribution in [2.45, 2.75) is 13.3 Å². The summed E-state index contributed by atoms with van der Waals surface area (Å²) in [5.41, 5.74) is 2.06. The average molecular weight is 232 g/mol. The first kappa shape index (κ1) is 11.4. The van der Waals surface area contributed by atoms with Crippen LogP contribution in [0.25, 0.3) is 6.08 Å². The Kier molecular flexibility index (Phi) is 2.95. The number of benzene rings is 1. The number of ether oxygens (including phenoxy) is 2. The summed E-state index contributed by atoms with van der Waals surface area (Å²) >= 11 is 0. The zero-order valence-electron chi connectivity index (χ0n) is 9.65. The molecule has 1 aromatic carbocycles. The van der Waals surface area contributed by atoms with Crippen LogP contribution in [-0.2, 0) is 14.3 Å². The maximum atomic E-state index is 11.5. The molecular formula is C13H12O4. The van der Waals surface area contributed by atoms with Crippen molar-refractivity contribution in [2.24, 2.45) is 0 Å². The number of fused-ring (bicyclic) bond motifs is 1. The van der Waals surface area contributed by atoms with E-state index in [0.717, 1.165) is 11.1 Å². The van der Waals surface area contributed by atoms with Gasteiger partial charge in [0.15, 0.2) is 0 Å². The van der Waals surface area contributed by atoms with Crippen LogP contribution >= 0.6 is 0 Å². The molecule has 0 radical (unpaired) electrons. The molecule has 0 atom stereocenters. The first-order valence-corrected chi connectivity index (χ1v) is 5.20. The Bertz CT molecular complexity index is 514. The quantitative estimate of drug-likeness (QED) is 0.547. The van der Waals surface area contributed by atoms with Crippen molar-refractivity contribution in [2.75, 3.05) is 7.11 Å². The van der Waals surface area contributed by atoms with Gasteiger partial charge < -0.3 is 9.47 Å². The molecule has 1 aromatic rings. The SMILES string of the molecule is COC(=O)C1=Cc2cc(C)ccc2OC(=O)C1. The van der Waals surface area contributed by atoms with E-state index in [2.05, 4.69) is 4.74 Å². The minimum Gasteiger partial charge on any atom is -0.466 e. The summed E-state index contributed by atoms with van der Waals surface area (Å²) in [5.74, 6) is -0.486. The Morgan fingerprint density at radius 1 is 1.41 bits per heavy atom. The summed E-state index contributed by atoms with van der Waals surface area (Å²) < 4.78 is 9.76. The monoisotopic (exact) mass is 232 g/mol. The van der Waals surface area contributed by atoms with Gasteiger partial charge in [-0.2, -0.15) is 0 Å². The fourth-order valence-corrected chi connectivity index (χ4v) is 1.69. The molecule has 0 aromatic heterocycles. The fraction of sp³-hybridized carbons (Fsp3) is 0.231. The Hall–Kier alpha value is -2.10. The topological polar surface area (TPSA) is 52.6 Å². The standard InChI is InChI=1S/C13H12O4/c1-8-3-4-11-9(5-8)6-10(13(15)16-2)7-12(14)17-11/h3-6H,7H2,1-2H3. The second kappa shape index (κ2) is 4.41. The zero-order chi connectivity index (χ0) is 12.4.